The number of carbonyl (C=O) groups is 3. The SMILES string of the molecule is C.CCCCCCCCCCCCCCCC(=O)OCC(COC(=O)CCCCCCCCCCCCCCC)(COC(=O)CCCCCCCCCCCCCCC)C[N+](C)(C)C.[Cl-]. The van der Waals surface area contributed by atoms with E-state index >= 15 is 0 Å². The Morgan fingerprint density at radius 2 is 0.492 bits per heavy atom. The molecule has 0 spiro atoms. The molecule has 0 aromatic rings. The number of carbonyl (C=O) groups excluding carboxylic acids is 3. The first kappa shape index (κ1) is 67.9. The Kier molecular flexibility index (Phi) is 52.8. The first-order chi connectivity index (χ1) is 30.6. The van der Waals surface area contributed by atoms with Crippen molar-refractivity contribution in [3.8, 4) is 0 Å². The molecule has 8 heteroatoms. The fourth-order valence-corrected chi connectivity index (χ4v) is 9.05. The van der Waals surface area contributed by atoms with Crippen LogP contribution < -0.4 is 12.4 Å². The van der Waals surface area contributed by atoms with E-state index in [0.29, 0.717) is 30.3 Å². The highest BCUT2D eigenvalue weighted by molar-refractivity contribution is 5.70. The topological polar surface area (TPSA) is 78.9 Å². The van der Waals surface area contributed by atoms with E-state index in [1.54, 1.807) is 0 Å². The quantitative estimate of drug-likeness (QED) is 0.0262. The molecule has 0 aliphatic rings. The average Bonchev–Trinajstić information content (AvgIpc) is 3.25. The Hall–Kier alpha value is -1.34. The van der Waals surface area contributed by atoms with Gasteiger partial charge in [-0.2, -0.15) is 0 Å². The van der Waals surface area contributed by atoms with Crippen molar-refractivity contribution in [2.75, 3.05) is 47.5 Å². The zero-order valence-corrected chi connectivity index (χ0v) is 44.6. The molecular weight excluding hydrogens is 830 g/mol. The van der Waals surface area contributed by atoms with Crippen molar-refractivity contribution in [2.45, 2.75) is 298 Å². The summed E-state index contributed by atoms with van der Waals surface area (Å²) < 4.78 is 18.4. The third kappa shape index (κ3) is 50.4. The molecule has 0 fully saturated rings. The maximum absolute atomic E-state index is 13.1. The maximum Gasteiger partial charge on any atom is 0.305 e. The van der Waals surface area contributed by atoms with E-state index in [1.165, 1.54) is 193 Å². The highest BCUT2D eigenvalue weighted by Crippen LogP contribution is 2.25. The van der Waals surface area contributed by atoms with Gasteiger partial charge in [-0.05, 0) is 19.3 Å². The van der Waals surface area contributed by atoms with E-state index in [1.807, 2.05) is 0 Å². The van der Waals surface area contributed by atoms with Crippen LogP contribution in [0.15, 0.2) is 0 Å². The Bertz CT molecular complexity index is 904. The molecular formula is C57H114ClNO6. The van der Waals surface area contributed by atoms with Gasteiger partial charge < -0.3 is 31.1 Å². The van der Waals surface area contributed by atoms with Crippen molar-refractivity contribution in [1.29, 1.82) is 0 Å². The molecule has 65 heavy (non-hydrogen) atoms. The van der Waals surface area contributed by atoms with Gasteiger partial charge in [-0.15, -0.1) is 0 Å². The van der Waals surface area contributed by atoms with Gasteiger partial charge >= 0.3 is 17.9 Å². The predicted molar refractivity (Wildman–Crippen MR) is 276 cm³/mol. The minimum Gasteiger partial charge on any atom is -1.00 e. The van der Waals surface area contributed by atoms with Crippen LogP contribution in [0.3, 0.4) is 0 Å². The van der Waals surface area contributed by atoms with Crippen LogP contribution in [0, 0.1) is 5.41 Å². The molecule has 0 bridgehead atoms. The maximum atomic E-state index is 13.1. The van der Waals surface area contributed by atoms with E-state index in [-0.39, 0.29) is 57.6 Å². The van der Waals surface area contributed by atoms with Crippen molar-refractivity contribution >= 4 is 17.9 Å². The van der Waals surface area contributed by atoms with Crippen LogP contribution in [0.4, 0.5) is 0 Å². The molecule has 0 aromatic carbocycles. The van der Waals surface area contributed by atoms with Crippen LogP contribution in [-0.2, 0) is 28.6 Å². The lowest BCUT2D eigenvalue weighted by Gasteiger charge is -2.38. The molecule has 0 rings (SSSR count). The van der Waals surface area contributed by atoms with Gasteiger partial charge in [0.15, 0.2) is 0 Å². The molecule has 0 unspecified atom stereocenters. The minimum atomic E-state index is -0.818. The number of quaternary nitrogens is 1. The number of unbranched alkanes of at least 4 members (excludes halogenated alkanes) is 36. The van der Waals surface area contributed by atoms with E-state index in [4.69, 9.17) is 14.2 Å². The van der Waals surface area contributed by atoms with Crippen LogP contribution in [0.2, 0.25) is 0 Å². The Morgan fingerprint density at radius 1 is 0.323 bits per heavy atom. The molecule has 0 aromatic heterocycles. The summed E-state index contributed by atoms with van der Waals surface area (Å²) in [6.45, 7) is 7.55. The Morgan fingerprint density at radius 3 is 0.662 bits per heavy atom. The zero-order valence-electron chi connectivity index (χ0n) is 43.8. The number of hydrogen-bond donors (Lipinski definition) is 0. The molecule has 0 atom stereocenters. The highest BCUT2D eigenvalue weighted by Gasteiger charge is 2.41. The molecule has 7 nitrogen and oxygen atoms in total. The van der Waals surface area contributed by atoms with Gasteiger partial charge in [0.25, 0.3) is 0 Å². The van der Waals surface area contributed by atoms with E-state index in [2.05, 4.69) is 41.9 Å². The third-order valence-electron chi connectivity index (χ3n) is 12.9. The lowest BCUT2D eigenvalue weighted by atomic mass is 9.89. The van der Waals surface area contributed by atoms with Crippen LogP contribution in [0.1, 0.15) is 298 Å². The second kappa shape index (κ2) is 50.5. The summed E-state index contributed by atoms with van der Waals surface area (Å²) >= 11 is 0. The fraction of sp³-hybridized carbons (Fsp3) is 0.947. The fourth-order valence-electron chi connectivity index (χ4n) is 9.05. The van der Waals surface area contributed by atoms with Gasteiger partial charge in [0.05, 0.1) is 27.7 Å². The van der Waals surface area contributed by atoms with Crippen molar-refractivity contribution in [3.63, 3.8) is 0 Å². The van der Waals surface area contributed by atoms with Crippen molar-refractivity contribution < 1.29 is 45.5 Å². The van der Waals surface area contributed by atoms with E-state index in [9.17, 15) is 14.4 Å². The van der Waals surface area contributed by atoms with E-state index < -0.39 is 5.41 Å². The molecule has 0 aliphatic carbocycles. The molecule has 0 radical (unpaired) electrons. The molecule has 0 saturated heterocycles. The second-order valence-electron chi connectivity index (χ2n) is 20.9. The summed E-state index contributed by atoms with van der Waals surface area (Å²) in [4.78, 5) is 39.3. The average molecular weight is 945 g/mol. The number of rotatable bonds is 50. The van der Waals surface area contributed by atoms with Gasteiger partial charge in [0, 0.05) is 19.3 Å². The van der Waals surface area contributed by atoms with Gasteiger partial charge in [-0.3, -0.25) is 14.4 Å². The highest BCUT2D eigenvalue weighted by atomic mass is 35.5. The summed E-state index contributed by atoms with van der Waals surface area (Å²) in [7, 11) is 6.24. The molecule has 0 heterocycles. The number of hydrogen-bond acceptors (Lipinski definition) is 6. The number of esters is 3. The molecule has 0 saturated carbocycles. The molecule has 0 N–H and O–H groups in total. The van der Waals surface area contributed by atoms with Crippen LogP contribution in [0.5, 0.6) is 0 Å². The molecule has 0 amide bonds. The number of ether oxygens (including phenoxy) is 3. The minimum absolute atomic E-state index is 0. The Balaban J connectivity index is -0.0000192. The zero-order chi connectivity index (χ0) is 46.4. The van der Waals surface area contributed by atoms with Crippen LogP contribution in [0.25, 0.3) is 0 Å². The second-order valence-corrected chi connectivity index (χ2v) is 20.9. The smallest absolute Gasteiger partial charge is 0.305 e. The van der Waals surface area contributed by atoms with Crippen molar-refractivity contribution in [2.24, 2.45) is 5.41 Å². The largest absolute Gasteiger partial charge is 1.00 e. The summed E-state index contributed by atoms with van der Waals surface area (Å²) in [5, 5.41) is 0. The van der Waals surface area contributed by atoms with Gasteiger partial charge in [0.2, 0.25) is 0 Å². The predicted octanol–water partition coefficient (Wildman–Crippen LogP) is 14.4. The van der Waals surface area contributed by atoms with Crippen molar-refractivity contribution in [3.05, 3.63) is 0 Å². The third-order valence-corrected chi connectivity index (χ3v) is 12.9. The normalized spacial score (nSPS) is 11.5. The lowest BCUT2D eigenvalue weighted by Crippen LogP contribution is -3.00. The van der Waals surface area contributed by atoms with Crippen LogP contribution >= 0.6 is 0 Å². The first-order valence-corrected chi connectivity index (χ1v) is 27.8. The number of nitrogens with zero attached hydrogens (tertiary/aromatic N) is 1. The standard InChI is InChI=1S/C56H110NO6.CH4.ClH/c1-7-10-13-16-19-22-25-28-31-34-37-40-43-46-53(58)61-50-56(49-57(4,5)6,51-62-54(59)47-44-41-38-35-32-29-26-23-20-17-14-11-8-2)52-63-55(60)48-45-42-39-36-33-30-27-24-21-18-15-12-9-3;;/h7-52H2,1-6H3;1H4;1H/q+1;;/p-1. The monoisotopic (exact) mass is 944 g/mol. The van der Waals surface area contributed by atoms with Gasteiger partial charge in [0.1, 0.15) is 25.2 Å². The van der Waals surface area contributed by atoms with Gasteiger partial charge in [-0.1, -0.05) is 259 Å². The summed E-state index contributed by atoms with van der Waals surface area (Å²) in [6, 6.07) is 0. The number of halogens is 1. The van der Waals surface area contributed by atoms with Crippen molar-refractivity contribution in [1.82, 2.24) is 0 Å². The molecule has 390 valence electrons. The van der Waals surface area contributed by atoms with Crippen LogP contribution in [-0.4, -0.2) is 69.9 Å². The molecule has 0 aliphatic heterocycles. The summed E-state index contributed by atoms with van der Waals surface area (Å²) in [5.74, 6) is -0.665. The van der Waals surface area contributed by atoms with E-state index in [0.717, 1.165) is 57.8 Å². The Labute approximate surface area is 412 Å². The lowest BCUT2D eigenvalue weighted by molar-refractivity contribution is -0.877. The van der Waals surface area contributed by atoms with Gasteiger partial charge in [-0.25, -0.2) is 0 Å². The summed E-state index contributed by atoms with van der Waals surface area (Å²) in [5.41, 5.74) is -0.818. The first-order valence-electron chi connectivity index (χ1n) is 27.8. The summed E-state index contributed by atoms with van der Waals surface area (Å²) in [6.07, 6.45) is 50.2.